The van der Waals surface area contributed by atoms with Crippen molar-refractivity contribution >= 4 is 0 Å². The van der Waals surface area contributed by atoms with Gasteiger partial charge in [-0.2, -0.15) is 0 Å². The van der Waals surface area contributed by atoms with Crippen LogP contribution in [0.5, 0.6) is 5.75 Å². The zero-order chi connectivity index (χ0) is 13.5. The molecule has 0 radical (unpaired) electrons. The summed E-state index contributed by atoms with van der Waals surface area (Å²) in [5.74, 6) is 1.62. The van der Waals surface area contributed by atoms with Crippen LogP contribution in [0.1, 0.15) is 52.6 Å². The Labute approximate surface area is 112 Å². The van der Waals surface area contributed by atoms with E-state index in [1.54, 1.807) is 0 Å². The van der Waals surface area contributed by atoms with Gasteiger partial charge in [0.2, 0.25) is 0 Å². The fourth-order valence-electron chi connectivity index (χ4n) is 2.22. The summed E-state index contributed by atoms with van der Waals surface area (Å²) in [5.41, 5.74) is 1.32. The Morgan fingerprint density at radius 2 is 1.67 bits per heavy atom. The van der Waals surface area contributed by atoms with Crippen molar-refractivity contribution < 1.29 is 4.74 Å². The molecule has 0 spiro atoms. The first kappa shape index (κ1) is 15.0. The first-order valence-electron chi connectivity index (χ1n) is 7.07. The number of hydrogen-bond donors (Lipinski definition) is 1. The molecule has 0 bridgehead atoms. The number of benzene rings is 1. The van der Waals surface area contributed by atoms with Crippen LogP contribution in [0.4, 0.5) is 0 Å². The predicted octanol–water partition coefficient (Wildman–Crippen LogP) is 4.17. The van der Waals surface area contributed by atoms with Gasteiger partial charge in [0, 0.05) is 12.1 Å². The summed E-state index contributed by atoms with van der Waals surface area (Å²) in [4.78, 5) is 0. The van der Waals surface area contributed by atoms with E-state index < -0.39 is 0 Å². The summed E-state index contributed by atoms with van der Waals surface area (Å²) in [5, 5.41) is 3.69. The van der Waals surface area contributed by atoms with Crippen molar-refractivity contribution in [2.24, 2.45) is 5.92 Å². The largest absolute Gasteiger partial charge is 0.494 e. The quantitative estimate of drug-likeness (QED) is 0.783. The smallest absolute Gasteiger partial charge is 0.119 e. The molecule has 0 fully saturated rings. The van der Waals surface area contributed by atoms with Crippen LogP contribution in [0.25, 0.3) is 0 Å². The van der Waals surface area contributed by atoms with Crippen LogP contribution >= 0.6 is 0 Å². The molecule has 2 nitrogen and oxygen atoms in total. The lowest BCUT2D eigenvalue weighted by Gasteiger charge is -2.25. The molecule has 1 rings (SSSR count). The van der Waals surface area contributed by atoms with E-state index in [1.807, 2.05) is 19.1 Å². The van der Waals surface area contributed by atoms with Crippen LogP contribution in [0.2, 0.25) is 0 Å². The monoisotopic (exact) mass is 249 g/mol. The molecule has 102 valence electrons. The Morgan fingerprint density at radius 3 is 2.11 bits per heavy atom. The van der Waals surface area contributed by atoms with Crippen LogP contribution in [-0.2, 0) is 0 Å². The summed E-state index contributed by atoms with van der Waals surface area (Å²) < 4.78 is 5.46. The van der Waals surface area contributed by atoms with Crippen LogP contribution < -0.4 is 10.1 Å². The minimum absolute atomic E-state index is 0.382. The summed E-state index contributed by atoms with van der Waals surface area (Å²) in [6.45, 7) is 11.7. The first-order valence-corrected chi connectivity index (χ1v) is 7.07. The maximum atomic E-state index is 5.46. The van der Waals surface area contributed by atoms with E-state index in [0.717, 1.165) is 12.4 Å². The van der Waals surface area contributed by atoms with Crippen molar-refractivity contribution in [1.29, 1.82) is 0 Å². The van der Waals surface area contributed by atoms with E-state index in [0.29, 0.717) is 18.0 Å². The minimum atomic E-state index is 0.382. The standard InChI is InChI=1S/C16H27NO/c1-6-16(12(3)4)17-13(5)14-8-10-15(11-9-14)18-7-2/h8-13,16-17H,6-7H2,1-5H3. The molecule has 0 aliphatic carbocycles. The third-order valence-electron chi connectivity index (χ3n) is 3.40. The lowest BCUT2D eigenvalue weighted by Crippen LogP contribution is -2.35. The molecular formula is C16H27NO. The molecule has 1 aromatic carbocycles. The average Bonchev–Trinajstić information content (AvgIpc) is 2.36. The van der Waals surface area contributed by atoms with Gasteiger partial charge in [0.15, 0.2) is 0 Å². The second kappa shape index (κ2) is 7.42. The molecule has 0 amide bonds. The van der Waals surface area contributed by atoms with E-state index in [9.17, 15) is 0 Å². The van der Waals surface area contributed by atoms with Gasteiger partial charge < -0.3 is 10.1 Å². The molecule has 2 heteroatoms. The highest BCUT2D eigenvalue weighted by molar-refractivity contribution is 5.29. The van der Waals surface area contributed by atoms with E-state index in [1.165, 1.54) is 12.0 Å². The van der Waals surface area contributed by atoms with E-state index in [-0.39, 0.29) is 0 Å². The molecule has 18 heavy (non-hydrogen) atoms. The second-order valence-electron chi connectivity index (χ2n) is 5.15. The van der Waals surface area contributed by atoms with E-state index in [4.69, 9.17) is 4.74 Å². The van der Waals surface area contributed by atoms with Crippen LogP contribution in [0.15, 0.2) is 24.3 Å². The Balaban J connectivity index is 2.63. The van der Waals surface area contributed by atoms with Gasteiger partial charge in [-0.25, -0.2) is 0 Å². The summed E-state index contributed by atoms with van der Waals surface area (Å²) in [7, 11) is 0. The van der Waals surface area contributed by atoms with Crippen molar-refractivity contribution in [3.63, 3.8) is 0 Å². The van der Waals surface area contributed by atoms with Gasteiger partial charge in [-0.3, -0.25) is 0 Å². The fraction of sp³-hybridized carbons (Fsp3) is 0.625. The zero-order valence-electron chi connectivity index (χ0n) is 12.4. The normalized spacial score (nSPS) is 14.6. The maximum absolute atomic E-state index is 5.46. The van der Waals surface area contributed by atoms with Crippen molar-refractivity contribution in [3.8, 4) is 5.75 Å². The Bertz CT molecular complexity index is 331. The molecule has 0 aliphatic heterocycles. The highest BCUT2D eigenvalue weighted by atomic mass is 16.5. The molecule has 0 aromatic heterocycles. The van der Waals surface area contributed by atoms with Gasteiger partial charge in [-0.1, -0.05) is 32.9 Å². The first-order chi connectivity index (χ1) is 8.58. The van der Waals surface area contributed by atoms with Gasteiger partial charge >= 0.3 is 0 Å². The number of nitrogens with one attached hydrogen (secondary N) is 1. The molecule has 0 heterocycles. The fourth-order valence-corrected chi connectivity index (χ4v) is 2.22. The van der Waals surface area contributed by atoms with Crippen molar-refractivity contribution in [3.05, 3.63) is 29.8 Å². The maximum Gasteiger partial charge on any atom is 0.119 e. The molecule has 1 aromatic rings. The molecule has 0 aliphatic rings. The predicted molar refractivity (Wildman–Crippen MR) is 78.1 cm³/mol. The Hall–Kier alpha value is -1.02. The second-order valence-corrected chi connectivity index (χ2v) is 5.15. The van der Waals surface area contributed by atoms with Crippen LogP contribution in [0.3, 0.4) is 0 Å². The van der Waals surface area contributed by atoms with Gasteiger partial charge in [0.1, 0.15) is 5.75 Å². The molecule has 2 atom stereocenters. The van der Waals surface area contributed by atoms with Crippen LogP contribution in [0, 0.1) is 5.92 Å². The number of rotatable bonds is 7. The SMILES string of the molecule is CCOc1ccc(C(C)NC(CC)C(C)C)cc1. The lowest BCUT2D eigenvalue weighted by molar-refractivity contribution is 0.339. The highest BCUT2D eigenvalue weighted by Crippen LogP contribution is 2.19. The average molecular weight is 249 g/mol. The van der Waals surface area contributed by atoms with E-state index >= 15 is 0 Å². The third-order valence-corrected chi connectivity index (χ3v) is 3.40. The Morgan fingerprint density at radius 1 is 1.06 bits per heavy atom. The number of ether oxygens (including phenoxy) is 1. The van der Waals surface area contributed by atoms with Crippen molar-refractivity contribution in [1.82, 2.24) is 5.32 Å². The molecule has 0 saturated carbocycles. The summed E-state index contributed by atoms with van der Waals surface area (Å²) in [6, 6.07) is 9.35. The van der Waals surface area contributed by atoms with E-state index in [2.05, 4.69) is 45.1 Å². The summed E-state index contributed by atoms with van der Waals surface area (Å²) in [6.07, 6.45) is 1.17. The molecule has 0 saturated heterocycles. The minimum Gasteiger partial charge on any atom is -0.494 e. The third kappa shape index (κ3) is 4.34. The van der Waals surface area contributed by atoms with Gasteiger partial charge in [0.05, 0.1) is 6.61 Å². The highest BCUT2D eigenvalue weighted by Gasteiger charge is 2.14. The van der Waals surface area contributed by atoms with Gasteiger partial charge in [-0.05, 0) is 43.9 Å². The van der Waals surface area contributed by atoms with Gasteiger partial charge in [0.25, 0.3) is 0 Å². The Kier molecular flexibility index (Phi) is 6.20. The number of hydrogen-bond acceptors (Lipinski definition) is 2. The lowest BCUT2D eigenvalue weighted by atomic mass is 9.99. The van der Waals surface area contributed by atoms with Gasteiger partial charge in [-0.15, -0.1) is 0 Å². The molecule has 1 N–H and O–H groups in total. The molecular weight excluding hydrogens is 222 g/mol. The van der Waals surface area contributed by atoms with Crippen molar-refractivity contribution in [2.45, 2.75) is 53.1 Å². The summed E-state index contributed by atoms with van der Waals surface area (Å²) >= 11 is 0. The molecule has 2 unspecified atom stereocenters. The topological polar surface area (TPSA) is 21.3 Å². The zero-order valence-corrected chi connectivity index (χ0v) is 12.4. The van der Waals surface area contributed by atoms with Crippen LogP contribution in [-0.4, -0.2) is 12.6 Å². The van der Waals surface area contributed by atoms with Crippen molar-refractivity contribution in [2.75, 3.05) is 6.61 Å².